The third kappa shape index (κ3) is 4.75. The molecule has 3 N–H and O–H groups in total. The lowest BCUT2D eigenvalue weighted by atomic mass is 9.86. The summed E-state index contributed by atoms with van der Waals surface area (Å²) >= 11 is 0. The monoisotopic (exact) mass is 359 g/mol. The van der Waals surface area contributed by atoms with Crippen LogP contribution in [0.2, 0.25) is 0 Å². The molecule has 0 atom stereocenters. The zero-order chi connectivity index (χ0) is 18.4. The minimum Gasteiger partial charge on any atom is -0.481 e. The Morgan fingerprint density at radius 2 is 1.77 bits per heavy atom. The number of piperidine rings is 1. The van der Waals surface area contributed by atoms with Crippen molar-refractivity contribution < 1.29 is 14.7 Å². The van der Waals surface area contributed by atoms with E-state index >= 15 is 0 Å². The van der Waals surface area contributed by atoms with Crippen molar-refractivity contribution in [2.75, 3.05) is 19.6 Å². The highest BCUT2D eigenvalue weighted by Gasteiger charge is 2.41. The summed E-state index contributed by atoms with van der Waals surface area (Å²) in [6.07, 6.45) is 5.00. The minimum atomic E-state index is -0.787. The van der Waals surface area contributed by atoms with Crippen LogP contribution in [0.5, 0.6) is 0 Å². The predicted molar refractivity (Wildman–Crippen MR) is 99.8 cm³/mol. The second kappa shape index (κ2) is 8.54. The summed E-state index contributed by atoms with van der Waals surface area (Å²) in [5.74, 6) is -0.787. The molecule has 6 nitrogen and oxygen atoms in total. The van der Waals surface area contributed by atoms with Crippen molar-refractivity contribution in [2.45, 2.75) is 51.1 Å². The van der Waals surface area contributed by atoms with Gasteiger partial charge in [-0.1, -0.05) is 43.2 Å². The van der Waals surface area contributed by atoms with Crippen molar-refractivity contribution in [3.63, 3.8) is 0 Å². The molecular weight excluding hydrogens is 330 g/mol. The first-order valence-electron chi connectivity index (χ1n) is 9.61. The number of carboxylic acids is 1. The number of urea groups is 1. The van der Waals surface area contributed by atoms with Crippen molar-refractivity contribution in [1.82, 2.24) is 15.5 Å². The lowest BCUT2D eigenvalue weighted by Crippen LogP contribution is -2.50. The van der Waals surface area contributed by atoms with E-state index in [0.29, 0.717) is 12.8 Å². The molecule has 1 aliphatic heterocycles. The molecule has 0 bridgehead atoms. The summed E-state index contributed by atoms with van der Waals surface area (Å²) in [7, 11) is 0. The van der Waals surface area contributed by atoms with E-state index in [-0.39, 0.29) is 18.6 Å². The van der Waals surface area contributed by atoms with Gasteiger partial charge in [0.05, 0.1) is 5.41 Å². The molecule has 1 aromatic rings. The second-order valence-electron chi connectivity index (χ2n) is 7.66. The average molecular weight is 359 g/mol. The quantitative estimate of drug-likeness (QED) is 0.729. The third-order valence-corrected chi connectivity index (χ3v) is 5.77. The van der Waals surface area contributed by atoms with Crippen molar-refractivity contribution in [3.05, 3.63) is 35.9 Å². The standard InChI is InChI=1S/C20H29N3O3/c24-18(25)20(10-4-5-11-20)15-21-19(26)22-17-8-12-23(13-9-17)14-16-6-2-1-3-7-16/h1-3,6-7,17H,4-5,8-15H2,(H,24,25)(H2,21,22,26). The molecule has 1 saturated heterocycles. The Morgan fingerprint density at radius 1 is 1.12 bits per heavy atom. The number of hydrogen-bond acceptors (Lipinski definition) is 3. The summed E-state index contributed by atoms with van der Waals surface area (Å²) < 4.78 is 0. The highest BCUT2D eigenvalue weighted by atomic mass is 16.4. The van der Waals surface area contributed by atoms with Crippen LogP contribution in [0.25, 0.3) is 0 Å². The number of hydrogen-bond donors (Lipinski definition) is 3. The number of carbonyl (C=O) groups excluding carboxylic acids is 1. The van der Waals surface area contributed by atoms with Gasteiger partial charge in [-0.3, -0.25) is 9.69 Å². The van der Waals surface area contributed by atoms with E-state index in [2.05, 4.69) is 39.8 Å². The summed E-state index contributed by atoms with van der Waals surface area (Å²) in [6.45, 7) is 3.08. The molecule has 6 heteroatoms. The number of nitrogens with zero attached hydrogens (tertiary/aromatic N) is 1. The molecule has 2 fully saturated rings. The zero-order valence-corrected chi connectivity index (χ0v) is 15.2. The molecule has 1 heterocycles. The van der Waals surface area contributed by atoms with Gasteiger partial charge >= 0.3 is 12.0 Å². The maximum atomic E-state index is 12.2. The third-order valence-electron chi connectivity index (χ3n) is 5.77. The Labute approximate surface area is 155 Å². The van der Waals surface area contributed by atoms with Crippen molar-refractivity contribution in [2.24, 2.45) is 5.41 Å². The maximum Gasteiger partial charge on any atom is 0.315 e. The summed E-state index contributed by atoms with van der Waals surface area (Å²) in [4.78, 5) is 26.1. The molecule has 3 rings (SSSR count). The Hall–Kier alpha value is -2.08. The van der Waals surface area contributed by atoms with Crippen LogP contribution < -0.4 is 10.6 Å². The van der Waals surface area contributed by atoms with Gasteiger partial charge in [-0.05, 0) is 31.2 Å². The number of carbonyl (C=O) groups is 2. The molecule has 0 spiro atoms. The fourth-order valence-corrected chi connectivity index (χ4v) is 4.08. The molecule has 1 aliphatic carbocycles. The normalized spacial score (nSPS) is 20.6. The predicted octanol–water partition coefficient (Wildman–Crippen LogP) is 2.60. The molecule has 26 heavy (non-hydrogen) atoms. The number of rotatable bonds is 6. The van der Waals surface area contributed by atoms with Crippen LogP contribution in [0.4, 0.5) is 4.79 Å². The van der Waals surface area contributed by atoms with Crippen LogP contribution in [-0.4, -0.2) is 47.7 Å². The van der Waals surface area contributed by atoms with Crippen molar-refractivity contribution >= 4 is 12.0 Å². The Balaban J connectivity index is 1.39. The molecular formula is C20H29N3O3. The molecule has 1 saturated carbocycles. The van der Waals surface area contributed by atoms with Gasteiger partial charge in [0.2, 0.25) is 0 Å². The zero-order valence-electron chi connectivity index (χ0n) is 15.2. The van der Waals surface area contributed by atoms with E-state index in [1.807, 2.05) is 6.07 Å². The first-order valence-corrected chi connectivity index (χ1v) is 9.61. The topological polar surface area (TPSA) is 81.7 Å². The van der Waals surface area contributed by atoms with Gasteiger partial charge in [0.15, 0.2) is 0 Å². The van der Waals surface area contributed by atoms with Crippen LogP contribution in [0.3, 0.4) is 0 Å². The smallest absolute Gasteiger partial charge is 0.315 e. The minimum absolute atomic E-state index is 0.159. The van der Waals surface area contributed by atoms with Crippen LogP contribution in [0.1, 0.15) is 44.1 Å². The van der Waals surface area contributed by atoms with Crippen LogP contribution in [0, 0.1) is 5.41 Å². The van der Waals surface area contributed by atoms with E-state index in [9.17, 15) is 14.7 Å². The fourth-order valence-electron chi connectivity index (χ4n) is 4.08. The van der Waals surface area contributed by atoms with Gasteiger partial charge in [0.1, 0.15) is 0 Å². The second-order valence-corrected chi connectivity index (χ2v) is 7.66. The SMILES string of the molecule is O=C(NCC1(C(=O)O)CCCC1)NC1CCN(Cc2ccccc2)CC1. The van der Waals surface area contributed by atoms with Crippen LogP contribution in [0.15, 0.2) is 30.3 Å². The van der Waals surface area contributed by atoms with Gasteiger partial charge < -0.3 is 15.7 Å². The molecule has 0 unspecified atom stereocenters. The first-order chi connectivity index (χ1) is 12.6. The van der Waals surface area contributed by atoms with Gasteiger partial charge in [0, 0.05) is 32.2 Å². The molecule has 2 aliphatic rings. The maximum absolute atomic E-state index is 12.2. The summed E-state index contributed by atoms with van der Waals surface area (Å²) in [5, 5.41) is 15.3. The van der Waals surface area contributed by atoms with Gasteiger partial charge in [0.25, 0.3) is 0 Å². The van der Waals surface area contributed by atoms with Crippen LogP contribution in [-0.2, 0) is 11.3 Å². The van der Waals surface area contributed by atoms with Crippen molar-refractivity contribution in [3.8, 4) is 0 Å². The number of carboxylic acid groups (broad SMARTS) is 1. The Morgan fingerprint density at radius 3 is 2.38 bits per heavy atom. The summed E-state index contributed by atoms with van der Waals surface area (Å²) in [5.41, 5.74) is 0.545. The van der Waals surface area contributed by atoms with E-state index in [4.69, 9.17) is 0 Å². The number of likely N-dealkylation sites (tertiary alicyclic amines) is 1. The highest BCUT2D eigenvalue weighted by molar-refractivity contribution is 5.78. The molecule has 1 aromatic carbocycles. The molecule has 142 valence electrons. The van der Waals surface area contributed by atoms with Gasteiger partial charge in [-0.2, -0.15) is 0 Å². The first kappa shape index (κ1) is 18.7. The van der Waals surface area contributed by atoms with Gasteiger partial charge in [-0.25, -0.2) is 4.79 Å². The van der Waals surface area contributed by atoms with E-state index in [0.717, 1.165) is 45.3 Å². The lowest BCUT2D eigenvalue weighted by Gasteiger charge is -2.32. The average Bonchev–Trinajstić information content (AvgIpc) is 3.13. The van der Waals surface area contributed by atoms with Crippen molar-refractivity contribution in [1.29, 1.82) is 0 Å². The number of nitrogens with one attached hydrogen (secondary N) is 2. The van der Waals surface area contributed by atoms with E-state index < -0.39 is 11.4 Å². The van der Waals surface area contributed by atoms with E-state index in [1.54, 1.807) is 0 Å². The number of amides is 2. The summed E-state index contributed by atoms with van der Waals surface area (Å²) in [6, 6.07) is 10.3. The number of aliphatic carboxylic acids is 1. The Kier molecular flexibility index (Phi) is 6.14. The lowest BCUT2D eigenvalue weighted by molar-refractivity contribution is -0.148. The molecule has 2 amide bonds. The fraction of sp³-hybridized carbons (Fsp3) is 0.600. The molecule has 0 aromatic heterocycles. The molecule has 0 radical (unpaired) electrons. The Bertz CT molecular complexity index is 606. The number of benzene rings is 1. The highest BCUT2D eigenvalue weighted by Crippen LogP contribution is 2.37. The van der Waals surface area contributed by atoms with Gasteiger partial charge in [-0.15, -0.1) is 0 Å². The largest absolute Gasteiger partial charge is 0.481 e. The van der Waals surface area contributed by atoms with E-state index in [1.165, 1.54) is 5.56 Å². The van der Waals surface area contributed by atoms with Crippen LogP contribution >= 0.6 is 0 Å².